The smallest absolute Gasteiger partial charge is 0.304 e. The molecule has 4 rings (SSSR count). The summed E-state index contributed by atoms with van der Waals surface area (Å²) in [5, 5.41) is 6.50. The monoisotopic (exact) mass is 424 g/mol. The number of nitrogens with zero attached hydrogens (tertiary/aromatic N) is 2. The van der Waals surface area contributed by atoms with Crippen LogP contribution in [0.25, 0.3) is 0 Å². The highest BCUT2D eigenvalue weighted by Crippen LogP contribution is 2.36. The van der Waals surface area contributed by atoms with Crippen LogP contribution in [0.2, 0.25) is 0 Å². The minimum atomic E-state index is -4.60. The second kappa shape index (κ2) is 7.03. The summed E-state index contributed by atoms with van der Waals surface area (Å²) in [6, 6.07) is 8.85. The number of nitrogens with one attached hydrogen (secondary N) is 1. The van der Waals surface area contributed by atoms with Crippen molar-refractivity contribution in [3.05, 3.63) is 53.6 Å². The van der Waals surface area contributed by atoms with Crippen LogP contribution in [0.5, 0.6) is 0 Å². The molecule has 0 aliphatic carbocycles. The minimum absolute atomic E-state index is 0.0826. The molecule has 0 aromatic heterocycles. The third kappa shape index (κ3) is 3.82. The first kappa shape index (κ1) is 19.7. The molecule has 29 heavy (non-hydrogen) atoms. The number of hydrogen-bond donors (Lipinski definition) is 1. The zero-order chi connectivity index (χ0) is 20.8. The Morgan fingerprint density at radius 1 is 1.07 bits per heavy atom. The molecule has 1 N–H and O–H groups in total. The van der Waals surface area contributed by atoms with E-state index in [0.717, 1.165) is 17.7 Å². The number of sulfonamides is 1. The lowest BCUT2D eigenvalue weighted by Gasteiger charge is -2.31. The highest BCUT2D eigenvalue weighted by Gasteiger charge is 2.34. The van der Waals surface area contributed by atoms with Crippen LogP contribution in [0.15, 0.2) is 47.4 Å². The van der Waals surface area contributed by atoms with Crippen molar-refractivity contribution >= 4 is 27.4 Å². The molecule has 1 saturated heterocycles. The lowest BCUT2D eigenvalue weighted by atomic mass is 9.90. The molecule has 1 fully saturated rings. The first-order valence-corrected chi connectivity index (χ1v) is 10.4. The van der Waals surface area contributed by atoms with Gasteiger partial charge in [0.05, 0.1) is 21.8 Å². The predicted molar refractivity (Wildman–Crippen MR) is 99.4 cm³/mol. The highest BCUT2D eigenvalue weighted by atomic mass is 32.2. The number of alkyl halides is 3. The maximum absolute atomic E-state index is 12.9. The van der Waals surface area contributed by atoms with Crippen molar-refractivity contribution < 1.29 is 26.4 Å². The molecule has 10 heteroatoms. The Morgan fingerprint density at radius 2 is 1.79 bits per heavy atom. The van der Waals surface area contributed by atoms with Crippen LogP contribution in [0.1, 0.15) is 29.9 Å². The van der Waals surface area contributed by atoms with E-state index >= 15 is 0 Å². The molecule has 0 atom stereocenters. The summed E-state index contributed by atoms with van der Waals surface area (Å²) < 4.78 is 65.6. The van der Waals surface area contributed by atoms with Crippen LogP contribution < -0.4 is 10.6 Å². The van der Waals surface area contributed by atoms with Gasteiger partial charge in [-0.2, -0.15) is 22.8 Å². The molecule has 153 valence electrons. The number of urea groups is 1. The fourth-order valence-corrected chi connectivity index (χ4v) is 5.18. The largest absolute Gasteiger partial charge is 0.416 e. The normalized spacial score (nSPS) is 18.2. The molecule has 2 aromatic carbocycles. The minimum Gasteiger partial charge on any atom is -0.304 e. The van der Waals surface area contributed by atoms with Crippen molar-refractivity contribution in [2.45, 2.75) is 29.8 Å². The molecule has 0 unspecified atom stereocenters. The molecule has 0 bridgehead atoms. The van der Waals surface area contributed by atoms with Gasteiger partial charge in [0.25, 0.3) is 0 Å². The third-order valence-electron chi connectivity index (χ3n) is 5.21. The standard InChI is InChI=1S/C19H17F3N3O3S/c20-19(21,22)14-2-1-3-15(11-14)29(27,28)25-8-6-12(7-9-25)13-4-5-16-17(10-13)24-18(26)23-16/h1-5,10-12H,6-9H2,(H,23,26). The number of anilines is 1. The van der Waals surface area contributed by atoms with E-state index in [0.29, 0.717) is 30.3 Å². The van der Waals surface area contributed by atoms with Crippen molar-refractivity contribution in [3.8, 4) is 0 Å². The molecule has 2 heterocycles. The fraction of sp³-hybridized carbons (Fsp3) is 0.316. The molecule has 6 nitrogen and oxygen atoms in total. The summed E-state index contributed by atoms with van der Waals surface area (Å²) in [4.78, 5) is 11.0. The van der Waals surface area contributed by atoms with Gasteiger partial charge in [0, 0.05) is 13.1 Å². The number of piperidine rings is 1. The first-order valence-electron chi connectivity index (χ1n) is 8.99. The number of amides is 2. The molecule has 0 saturated carbocycles. The SMILES string of the molecule is O=C1[N]c2cc(C3CCN(S(=O)(=O)c4cccc(C(F)(F)F)c4)CC3)ccc2N1. The Bertz CT molecular complexity index is 1060. The Hall–Kier alpha value is -2.59. The van der Waals surface area contributed by atoms with Gasteiger partial charge in [0.1, 0.15) is 0 Å². The number of halogens is 3. The van der Waals surface area contributed by atoms with Crippen LogP contribution in [0.3, 0.4) is 0 Å². The van der Waals surface area contributed by atoms with E-state index in [1.807, 2.05) is 12.1 Å². The van der Waals surface area contributed by atoms with E-state index in [4.69, 9.17) is 0 Å². The fourth-order valence-electron chi connectivity index (χ4n) is 3.66. The number of rotatable bonds is 3. The first-order chi connectivity index (χ1) is 13.6. The molecular formula is C19H17F3N3O3S. The van der Waals surface area contributed by atoms with E-state index in [-0.39, 0.29) is 23.9 Å². The summed E-state index contributed by atoms with van der Waals surface area (Å²) in [6.07, 6.45) is -3.55. The van der Waals surface area contributed by atoms with Gasteiger partial charge in [-0.25, -0.2) is 13.2 Å². The Kier molecular flexibility index (Phi) is 4.78. The van der Waals surface area contributed by atoms with Gasteiger partial charge in [0.2, 0.25) is 10.0 Å². The van der Waals surface area contributed by atoms with E-state index in [1.54, 1.807) is 6.07 Å². The predicted octanol–water partition coefficient (Wildman–Crippen LogP) is 4.06. The second-order valence-electron chi connectivity index (χ2n) is 7.02. The van der Waals surface area contributed by atoms with Gasteiger partial charge < -0.3 is 5.32 Å². The van der Waals surface area contributed by atoms with Crippen LogP contribution in [-0.4, -0.2) is 31.8 Å². The van der Waals surface area contributed by atoms with Crippen LogP contribution in [0, 0.1) is 0 Å². The lowest BCUT2D eigenvalue weighted by molar-refractivity contribution is -0.137. The number of fused-ring (bicyclic) bond motifs is 1. The summed E-state index contributed by atoms with van der Waals surface area (Å²) in [5.41, 5.74) is 1.17. The molecule has 2 aliphatic rings. The van der Waals surface area contributed by atoms with Gasteiger partial charge in [-0.3, -0.25) is 0 Å². The van der Waals surface area contributed by atoms with Gasteiger partial charge in [0.15, 0.2) is 0 Å². The lowest BCUT2D eigenvalue weighted by Crippen LogP contribution is -2.38. The van der Waals surface area contributed by atoms with Crippen molar-refractivity contribution in [2.75, 3.05) is 18.4 Å². The number of carbonyl (C=O) groups is 1. The Balaban J connectivity index is 1.48. The van der Waals surface area contributed by atoms with E-state index < -0.39 is 27.8 Å². The second-order valence-corrected chi connectivity index (χ2v) is 8.96. The molecule has 2 aromatic rings. The van der Waals surface area contributed by atoms with Crippen molar-refractivity contribution in [2.24, 2.45) is 0 Å². The zero-order valence-electron chi connectivity index (χ0n) is 15.1. The summed E-state index contributed by atoms with van der Waals surface area (Å²) in [5.74, 6) is 0.0826. The average molecular weight is 424 g/mol. The average Bonchev–Trinajstić information content (AvgIpc) is 3.06. The quantitative estimate of drug-likeness (QED) is 0.807. The molecule has 2 amide bonds. The molecule has 0 spiro atoms. The summed E-state index contributed by atoms with van der Waals surface area (Å²) in [6.45, 7) is 0.406. The molecular weight excluding hydrogens is 407 g/mol. The highest BCUT2D eigenvalue weighted by molar-refractivity contribution is 7.89. The number of benzene rings is 2. The van der Waals surface area contributed by atoms with Gasteiger partial charge in [-0.05, 0) is 54.7 Å². The summed E-state index contributed by atoms with van der Waals surface area (Å²) >= 11 is 0. The number of carbonyl (C=O) groups excluding carboxylic acids is 1. The van der Waals surface area contributed by atoms with Gasteiger partial charge >= 0.3 is 12.2 Å². The van der Waals surface area contributed by atoms with Crippen molar-refractivity contribution in [1.29, 1.82) is 0 Å². The molecule has 2 aliphatic heterocycles. The van der Waals surface area contributed by atoms with Crippen molar-refractivity contribution in [3.63, 3.8) is 0 Å². The van der Waals surface area contributed by atoms with E-state index in [1.165, 1.54) is 10.4 Å². The van der Waals surface area contributed by atoms with Crippen LogP contribution in [0.4, 0.5) is 29.3 Å². The van der Waals surface area contributed by atoms with Gasteiger partial charge in [-0.1, -0.05) is 12.1 Å². The molecule has 1 radical (unpaired) electrons. The summed E-state index contributed by atoms with van der Waals surface area (Å²) in [7, 11) is -4.01. The Morgan fingerprint density at radius 3 is 2.48 bits per heavy atom. The van der Waals surface area contributed by atoms with E-state index in [2.05, 4.69) is 10.6 Å². The topological polar surface area (TPSA) is 80.6 Å². The van der Waals surface area contributed by atoms with Gasteiger partial charge in [-0.15, -0.1) is 0 Å². The van der Waals surface area contributed by atoms with E-state index in [9.17, 15) is 26.4 Å². The van der Waals surface area contributed by atoms with Crippen molar-refractivity contribution in [1.82, 2.24) is 9.62 Å². The third-order valence-corrected chi connectivity index (χ3v) is 7.10. The maximum Gasteiger partial charge on any atom is 0.416 e. The Labute approximate surface area is 165 Å². The van der Waals surface area contributed by atoms with Crippen LogP contribution >= 0.6 is 0 Å². The maximum atomic E-state index is 12.9. The number of hydrogen-bond acceptors (Lipinski definition) is 3. The zero-order valence-corrected chi connectivity index (χ0v) is 15.9. The van der Waals surface area contributed by atoms with Crippen LogP contribution in [-0.2, 0) is 16.2 Å².